The fourth-order valence-corrected chi connectivity index (χ4v) is 3.09. The molecule has 0 saturated carbocycles. The summed E-state index contributed by atoms with van der Waals surface area (Å²) in [6, 6.07) is 5.24. The number of hydrogen-bond acceptors (Lipinski definition) is 2. The highest BCUT2D eigenvalue weighted by Crippen LogP contribution is 2.36. The number of benzene rings is 1. The third-order valence-corrected chi connectivity index (χ3v) is 4.40. The third kappa shape index (κ3) is 4.27. The van der Waals surface area contributed by atoms with Crippen LogP contribution in [0.4, 0.5) is 13.2 Å². The summed E-state index contributed by atoms with van der Waals surface area (Å²) in [7, 11) is 0. The molecule has 1 aliphatic heterocycles. The summed E-state index contributed by atoms with van der Waals surface area (Å²) in [5.74, 6) is -2.44. The Balaban J connectivity index is 2.08. The quantitative estimate of drug-likeness (QED) is 0.910. The summed E-state index contributed by atoms with van der Waals surface area (Å²) >= 11 is 0. The van der Waals surface area contributed by atoms with E-state index in [1.54, 1.807) is 6.92 Å². The molecule has 1 aromatic carbocycles. The van der Waals surface area contributed by atoms with Crippen LogP contribution in [0.5, 0.6) is 0 Å². The Hall–Kier alpha value is -2.05. The summed E-state index contributed by atoms with van der Waals surface area (Å²) in [5, 5.41) is 9.06. The number of carboxylic acid groups (broad SMARTS) is 1. The smallest absolute Gasteiger partial charge is 0.416 e. The molecule has 2 atom stereocenters. The minimum Gasteiger partial charge on any atom is -0.481 e. The Bertz CT molecular complexity index is 615. The van der Waals surface area contributed by atoms with E-state index in [-0.39, 0.29) is 24.4 Å². The Morgan fingerprint density at radius 1 is 1.33 bits per heavy atom. The van der Waals surface area contributed by atoms with Crippen molar-refractivity contribution in [1.82, 2.24) is 4.90 Å². The molecule has 7 heteroatoms. The first-order valence-electron chi connectivity index (χ1n) is 7.87. The van der Waals surface area contributed by atoms with E-state index in [0.29, 0.717) is 19.4 Å². The van der Waals surface area contributed by atoms with E-state index in [4.69, 9.17) is 5.11 Å². The predicted molar refractivity (Wildman–Crippen MR) is 81.4 cm³/mol. The molecular formula is C17H20F3NO3. The standard InChI is InChI=1S/C17H20F3NO3/c1-11(13-6-2-3-7-14(13)17(18,19)20)9-15(22)21-8-4-5-12(10-21)16(23)24/h2-3,6-7,11-12H,4-5,8-10H2,1H3,(H,23,24)/t11-,12+/m0/s1. The first-order chi connectivity index (χ1) is 11.2. The molecule has 1 amide bonds. The highest BCUT2D eigenvalue weighted by atomic mass is 19.4. The first kappa shape index (κ1) is 18.3. The maximum atomic E-state index is 13.1. The molecule has 1 aliphatic rings. The van der Waals surface area contributed by atoms with Crippen LogP contribution in [0.3, 0.4) is 0 Å². The number of alkyl halides is 3. The fourth-order valence-electron chi connectivity index (χ4n) is 3.09. The van der Waals surface area contributed by atoms with Gasteiger partial charge in [-0.3, -0.25) is 9.59 Å². The molecule has 0 aliphatic carbocycles. The van der Waals surface area contributed by atoms with Gasteiger partial charge >= 0.3 is 12.1 Å². The van der Waals surface area contributed by atoms with Crippen LogP contribution in [0.2, 0.25) is 0 Å². The molecule has 2 rings (SSSR count). The molecule has 132 valence electrons. The first-order valence-corrected chi connectivity index (χ1v) is 7.87. The number of carbonyl (C=O) groups is 2. The van der Waals surface area contributed by atoms with Crippen molar-refractivity contribution in [1.29, 1.82) is 0 Å². The van der Waals surface area contributed by atoms with Gasteiger partial charge in [-0.1, -0.05) is 25.1 Å². The van der Waals surface area contributed by atoms with Crippen molar-refractivity contribution < 1.29 is 27.9 Å². The SMILES string of the molecule is C[C@@H](CC(=O)N1CCC[C@@H](C(=O)O)C1)c1ccccc1C(F)(F)F. The number of rotatable bonds is 4. The van der Waals surface area contributed by atoms with Gasteiger partial charge in [0.2, 0.25) is 5.91 Å². The average molecular weight is 343 g/mol. The minimum atomic E-state index is -4.46. The summed E-state index contributed by atoms with van der Waals surface area (Å²) < 4.78 is 39.2. The van der Waals surface area contributed by atoms with E-state index >= 15 is 0 Å². The van der Waals surface area contributed by atoms with E-state index in [9.17, 15) is 22.8 Å². The second-order valence-corrected chi connectivity index (χ2v) is 6.21. The van der Waals surface area contributed by atoms with Gasteiger partial charge in [-0.15, -0.1) is 0 Å². The van der Waals surface area contributed by atoms with Crippen LogP contribution >= 0.6 is 0 Å². The Labute approximate surface area is 138 Å². The molecule has 0 unspecified atom stereocenters. The van der Waals surface area contributed by atoms with Gasteiger partial charge in [0.05, 0.1) is 11.5 Å². The molecule has 0 aromatic heterocycles. The number of nitrogens with zero attached hydrogens (tertiary/aromatic N) is 1. The van der Waals surface area contributed by atoms with E-state index in [1.165, 1.54) is 23.1 Å². The molecule has 0 bridgehead atoms. The number of hydrogen-bond donors (Lipinski definition) is 1. The van der Waals surface area contributed by atoms with Crippen LogP contribution in [0.1, 0.15) is 43.2 Å². The largest absolute Gasteiger partial charge is 0.481 e. The highest BCUT2D eigenvalue weighted by Gasteiger charge is 2.35. The number of amides is 1. The number of likely N-dealkylation sites (tertiary alicyclic amines) is 1. The zero-order valence-electron chi connectivity index (χ0n) is 13.3. The Kier molecular flexibility index (Phi) is 5.51. The van der Waals surface area contributed by atoms with Crippen LogP contribution < -0.4 is 0 Å². The maximum absolute atomic E-state index is 13.1. The zero-order valence-corrected chi connectivity index (χ0v) is 13.3. The van der Waals surface area contributed by atoms with Crippen molar-refractivity contribution in [2.75, 3.05) is 13.1 Å². The van der Waals surface area contributed by atoms with E-state index in [1.807, 2.05) is 0 Å². The second kappa shape index (κ2) is 7.23. The number of carboxylic acids is 1. The van der Waals surface area contributed by atoms with Crippen molar-refractivity contribution >= 4 is 11.9 Å². The topological polar surface area (TPSA) is 57.6 Å². The third-order valence-electron chi connectivity index (χ3n) is 4.40. The second-order valence-electron chi connectivity index (χ2n) is 6.21. The highest BCUT2D eigenvalue weighted by molar-refractivity contribution is 5.78. The normalized spacial score (nSPS) is 19.8. The van der Waals surface area contributed by atoms with Gasteiger partial charge in [0.15, 0.2) is 0 Å². The average Bonchev–Trinajstić information content (AvgIpc) is 2.54. The van der Waals surface area contributed by atoms with Gasteiger partial charge in [-0.2, -0.15) is 13.2 Å². The summed E-state index contributed by atoms with van der Waals surface area (Å²) in [6.45, 7) is 2.17. The lowest BCUT2D eigenvalue weighted by molar-refractivity contribution is -0.146. The van der Waals surface area contributed by atoms with E-state index in [0.717, 1.165) is 6.07 Å². The van der Waals surface area contributed by atoms with Crippen molar-refractivity contribution in [2.24, 2.45) is 5.92 Å². The van der Waals surface area contributed by atoms with Crippen LogP contribution in [-0.4, -0.2) is 35.0 Å². The lowest BCUT2D eigenvalue weighted by Crippen LogP contribution is -2.42. The van der Waals surface area contributed by atoms with Gasteiger partial charge in [0.25, 0.3) is 0 Å². The van der Waals surface area contributed by atoms with Crippen LogP contribution in [0, 0.1) is 5.92 Å². The number of halogens is 3. The van der Waals surface area contributed by atoms with E-state index < -0.39 is 29.5 Å². The molecule has 1 saturated heterocycles. The van der Waals surface area contributed by atoms with Crippen molar-refractivity contribution in [2.45, 2.75) is 38.3 Å². The molecular weight excluding hydrogens is 323 g/mol. The lowest BCUT2D eigenvalue weighted by atomic mass is 9.91. The summed E-state index contributed by atoms with van der Waals surface area (Å²) in [4.78, 5) is 24.9. The Morgan fingerprint density at radius 2 is 2.00 bits per heavy atom. The van der Waals surface area contributed by atoms with E-state index in [2.05, 4.69) is 0 Å². The fraction of sp³-hybridized carbons (Fsp3) is 0.529. The zero-order chi connectivity index (χ0) is 17.9. The lowest BCUT2D eigenvalue weighted by Gasteiger charge is -2.31. The number of piperidine rings is 1. The molecule has 4 nitrogen and oxygen atoms in total. The van der Waals surface area contributed by atoms with Crippen LogP contribution in [0.15, 0.2) is 24.3 Å². The van der Waals surface area contributed by atoms with Crippen molar-refractivity contribution in [3.8, 4) is 0 Å². The molecule has 1 aromatic rings. The number of aliphatic carboxylic acids is 1. The van der Waals surface area contributed by atoms with Crippen molar-refractivity contribution in [3.05, 3.63) is 35.4 Å². The minimum absolute atomic E-state index is 0.0700. The molecule has 0 radical (unpaired) electrons. The van der Waals surface area contributed by atoms with Gasteiger partial charge < -0.3 is 10.0 Å². The van der Waals surface area contributed by atoms with Gasteiger partial charge in [0, 0.05) is 19.5 Å². The molecule has 1 fully saturated rings. The van der Waals surface area contributed by atoms with Crippen LogP contribution in [0.25, 0.3) is 0 Å². The number of carbonyl (C=O) groups excluding carboxylic acids is 1. The van der Waals surface area contributed by atoms with Gasteiger partial charge in [0.1, 0.15) is 0 Å². The summed E-state index contributed by atoms with van der Waals surface area (Å²) in [6.07, 6.45) is -3.42. The molecule has 1 N–H and O–H groups in total. The molecule has 1 heterocycles. The predicted octanol–water partition coefficient (Wildman–Crippen LogP) is 3.52. The molecule has 0 spiro atoms. The Morgan fingerprint density at radius 3 is 2.62 bits per heavy atom. The monoisotopic (exact) mass is 343 g/mol. The van der Waals surface area contributed by atoms with Gasteiger partial charge in [-0.05, 0) is 30.4 Å². The van der Waals surface area contributed by atoms with Gasteiger partial charge in [-0.25, -0.2) is 0 Å². The summed E-state index contributed by atoms with van der Waals surface area (Å²) in [5.41, 5.74) is -0.641. The van der Waals surface area contributed by atoms with Crippen molar-refractivity contribution in [3.63, 3.8) is 0 Å². The molecule has 24 heavy (non-hydrogen) atoms. The van der Waals surface area contributed by atoms with Crippen LogP contribution in [-0.2, 0) is 15.8 Å². The maximum Gasteiger partial charge on any atom is 0.416 e.